The number of hydrogen-bond donors (Lipinski definition) is 1. The fourth-order valence-corrected chi connectivity index (χ4v) is 0.886. The second kappa shape index (κ2) is 3.83. The minimum Gasteiger partial charge on any atom is -0.379 e. The summed E-state index contributed by atoms with van der Waals surface area (Å²) in [7, 11) is 5.78. The summed E-state index contributed by atoms with van der Waals surface area (Å²) in [6, 6.07) is 0. The maximum Gasteiger partial charge on any atom is 0.192 e. The van der Waals surface area contributed by atoms with Crippen LogP contribution in [0, 0.1) is 0 Å². The van der Waals surface area contributed by atoms with E-state index in [9.17, 15) is 9.90 Å². The normalized spacial score (nSPS) is 14.1. The maximum atomic E-state index is 11.2. The molecule has 70 valence electrons. The topological polar surface area (TPSA) is 37.3 Å². The van der Waals surface area contributed by atoms with Crippen LogP contribution in [0.1, 0.15) is 6.92 Å². The van der Waals surface area contributed by atoms with E-state index in [-0.39, 0.29) is 5.78 Å². The number of carbonyl (C=O) groups excluding carboxylic acids is 1. The summed E-state index contributed by atoms with van der Waals surface area (Å²) >= 11 is 0. The van der Waals surface area contributed by atoms with E-state index >= 15 is 0 Å². The average Bonchev–Trinajstić information content (AvgIpc) is 1.82. The van der Waals surface area contributed by atoms with E-state index in [0.717, 1.165) is 0 Å². The van der Waals surface area contributed by atoms with Crippen LogP contribution in [0.5, 0.6) is 0 Å². The van der Waals surface area contributed by atoms with Crippen LogP contribution < -0.4 is 0 Å². The van der Waals surface area contributed by atoms with Crippen molar-refractivity contribution in [3.05, 3.63) is 12.2 Å². The summed E-state index contributed by atoms with van der Waals surface area (Å²) in [5, 5.41) is 9.40. The molecule has 0 saturated carbocycles. The molecule has 0 spiro atoms. The quantitative estimate of drug-likeness (QED) is 0.486. The predicted octanol–water partition coefficient (Wildman–Crippen LogP) is 0.199. The van der Waals surface area contributed by atoms with Crippen molar-refractivity contribution in [2.75, 3.05) is 27.7 Å². The lowest BCUT2D eigenvalue weighted by Crippen LogP contribution is -2.44. The zero-order chi connectivity index (χ0) is 9.94. The van der Waals surface area contributed by atoms with Crippen LogP contribution in [0.2, 0.25) is 0 Å². The minimum atomic E-state index is -0.914. The first-order chi connectivity index (χ1) is 5.24. The number of nitrogens with zero attached hydrogens (tertiary/aromatic N) is 1. The number of aliphatic hydroxyl groups is 1. The van der Waals surface area contributed by atoms with Crippen LogP contribution in [0.3, 0.4) is 0 Å². The standard InChI is InChI=1S/C9H18NO2/c1-7(2)9(12)8(11)6-10(3,4)5/h8,11H,1,6H2,2-5H3/q+1. The fraction of sp³-hybridized carbons (Fsp3) is 0.667. The van der Waals surface area contributed by atoms with Crippen LogP contribution in [0.25, 0.3) is 0 Å². The molecule has 3 nitrogen and oxygen atoms in total. The van der Waals surface area contributed by atoms with Gasteiger partial charge in [-0.1, -0.05) is 6.58 Å². The predicted molar refractivity (Wildman–Crippen MR) is 48.7 cm³/mol. The molecule has 0 saturated heterocycles. The average molecular weight is 172 g/mol. The molecule has 0 heterocycles. The van der Waals surface area contributed by atoms with Crippen molar-refractivity contribution < 1.29 is 14.4 Å². The number of likely N-dealkylation sites (N-methyl/N-ethyl adjacent to an activating group) is 1. The minimum absolute atomic E-state index is 0.261. The van der Waals surface area contributed by atoms with Crippen molar-refractivity contribution in [1.82, 2.24) is 0 Å². The Hall–Kier alpha value is -0.670. The molecule has 0 aliphatic heterocycles. The smallest absolute Gasteiger partial charge is 0.192 e. The molecule has 0 rings (SSSR count). The number of quaternary nitrogens is 1. The highest BCUT2D eigenvalue weighted by molar-refractivity contribution is 5.97. The largest absolute Gasteiger partial charge is 0.379 e. The maximum absolute atomic E-state index is 11.2. The molecular formula is C9H18NO2+. The lowest BCUT2D eigenvalue weighted by molar-refractivity contribution is -0.872. The molecule has 12 heavy (non-hydrogen) atoms. The molecule has 1 unspecified atom stereocenters. The van der Waals surface area contributed by atoms with Gasteiger partial charge in [0.2, 0.25) is 0 Å². The van der Waals surface area contributed by atoms with Crippen molar-refractivity contribution in [2.45, 2.75) is 13.0 Å². The number of rotatable bonds is 4. The van der Waals surface area contributed by atoms with Gasteiger partial charge in [0.15, 0.2) is 11.9 Å². The summed E-state index contributed by atoms with van der Waals surface area (Å²) in [5.41, 5.74) is 0.413. The van der Waals surface area contributed by atoms with E-state index < -0.39 is 6.10 Å². The second-order valence-corrected chi connectivity index (χ2v) is 4.13. The van der Waals surface area contributed by atoms with Crippen molar-refractivity contribution in [2.24, 2.45) is 0 Å². The Labute approximate surface area is 73.9 Å². The number of hydrogen-bond acceptors (Lipinski definition) is 2. The summed E-state index contributed by atoms with van der Waals surface area (Å²) < 4.78 is 0.570. The van der Waals surface area contributed by atoms with Crippen molar-refractivity contribution in [3.63, 3.8) is 0 Å². The van der Waals surface area contributed by atoms with Gasteiger partial charge >= 0.3 is 0 Å². The van der Waals surface area contributed by atoms with Gasteiger partial charge in [-0.05, 0) is 12.5 Å². The Morgan fingerprint density at radius 2 is 1.92 bits per heavy atom. The zero-order valence-electron chi connectivity index (χ0n) is 8.29. The van der Waals surface area contributed by atoms with Crippen molar-refractivity contribution in [1.29, 1.82) is 0 Å². The lowest BCUT2D eigenvalue weighted by Gasteiger charge is -2.26. The Morgan fingerprint density at radius 3 is 2.17 bits per heavy atom. The molecule has 0 fully saturated rings. The van der Waals surface area contributed by atoms with Crippen molar-refractivity contribution in [3.8, 4) is 0 Å². The van der Waals surface area contributed by atoms with E-state index in [1.165, 1.54) is 0 Å². The highest BCUT2D eigenvalue weighted by atomic mass is 16.3. The zero-order valence-corrected chi connectivity index (χ0v) is 8.29. The third-order valence-electron chi connectivity index (χ3n) is 1.44. The lowest BCUT2D eigenvalue weighted by atomic mass is 10.1. The van der Waals surface area contributed by atoms with Gasteiger partial charge in [0.25, 0.3) is 0 Å². The highest BCUT2D eigenvalue weighted by Crippen LogP contribution is 2.01. The van der Waals surface area contributed by atoms with Gasteiger partial charge in [0.05, 0.1) is 21.1 Å². The summed E-state index contributed by atoms with van der Waals surface area (Å²) in [6.07, 6.45) is -0.914. The van der Waals surface area contributed by atoms with E-state index in [4.69, 9.17) is 0 Å². The van der Waals surface area contributed by atoms with E-state index in [2.05, 4.69) is 6.58 Å². The Bertz CT molecular complexity index is 191. The monoisotopic (exact) mass is 172 g/mol. The van der Waals surface area contributed by atoms with Crippen molar-refractivity contribution >= 4 is 5.78 Å². The fourth-order valence-electron chi connectivity index (χ4n) is 0.886. The van der Waals surface area contributed by atoms with Crippen LogP contribution in [-0.4, -0.2) is 49.2 Å². The number of aliphatic hydroxyl groups excluding tert-OH is 1. The molecule has 0 bridgehead atoms. The van der Waals surface area contributed by atoms with Gasteiger partial charge in [-0.3, -0.25) is 4.79 Å². The summed E-state index contributed by atoms with van der Waals surface area (Å²) in [4.78, 5) is 11.2. The first kappa shape index (κ1) is 11.3. The van der Waals surface area contributed by atoms with Gasteiger partial charge in [-0.25, -0.2) is 0 Å². The molecule has 0 radical (unpaired) electrons. The van der Waals surface area contributed by atoms with Gasteiger partial charge in [-0.15, -0.1) is 0 Å². The molecule has 0 aliphatic rings. The molecule has 0 amide bonds. The van der Waals surface area contributed by atoms with E-state index in [1.54, 1.807) is 6.92 Å². The van der Waals surface area contributed by atoms with Gasteiger partial charge in [-0.2, -0.15) is 0 Å². The summed E-state index contributed by atoms with van der Waals surface area (Å²) in [5.74, 6) is -0.261. The van der Waals surface area contributed by atoms with Crippen LogP contribution in [0.4, 0.5) is 0 Å². The number of ketones is 1. The first-order valence-electron chi connectivity index (χ1n) is 3.92. The van der Waals surface area contributed by atoms with Crippen LogP contribution in [-0.2, 0) is 4.79 Å². The Morgan fingerprint density at radius 1 is 1.50 bits per heavy atom. The Kier molecular flexibility index (Phi) is 3.61. The van der Waals surface area contributed by atoms with Gasteiger partial charge in [0, 0.05) is 0 Å². The molecular weight excluding hydrogens is 154 g/mol. The molecule has 1 atom stereocenters. The molecule has 0 aliphatic carbocycles. The second-order valence-electron chi connectivity index (χ2n) is 4.13. The third kappa shape index (κ3) is 4.26. The molecule has 3 heteroatoms. The molecule has 0 aromatic carbocycles. The third-order valence-corrected chi connectivity index (χ3v) is 1.44. The van der Waals surface area contributed by atoms with E-state index in [0.29, 0.717) is 16.6 Å². The highest BCUT2D eigenvalue weighted by Gasteiger charge is 2.22. The number of carbonyl (C=O) groups is 1. The van der Waals surface area contributed by atoms with E-state index in [1.807, 2.05) is 21.1 Å². The summed E-state index contributed by atoms with van der Waals surface area (Å²) in [6.45, 7) is 5.52. The SMILES string of the molecule is C=C(C)C(=O)C(O)C[N+](C)(C)C. The molecule has 0 aromatic rings. The Balaban J connectivity index is 4.14. The van der Waals surface area contributed by atoms with Crippen LogP contribution >= 0.6 is 0 Å². The van der Waals surface area contributed by atoms with Crippen LogP contribution in [0.15, 0.2) is 12.2 Å². The number of Topliss-reactive ketones (excluding diaryl/α,β-unsaturated/α-hetero) is 1. The van der Waals surface area contributed by atoms with Gasteiger partial charge in [0.1, 0.15) is 6.54 Å². The van der Waals surface area contributed by atoms with Gasteiger partial charge < -0.3 is 9.59 Å². The molecule has 0 aromatic heterocycles. The molecule has 1 N–H and O–H groups in total. The first-order valence-corrected chi connectivity index (χ1v) is 3.92.